The fourth-order valence-electron chi connectivity index (χ4n) is 1.23. The molecule has 1 aromatic rings. The third-order valence-electron chi connectivity index (χ3n) is 1.99. The van der Waals surface area contributed by atoms with Crippen LogP contribution in [0.5, 0.6) is 0 Å². The zero-order valence-electron chi connectivity index (χ0n) is 9.36. The Kier molecular flexibility index (Phi) is 4.10. The van der Waals surface area contributed by atoms with Gasteiger partial charge in [0.05, 0.1) is 0 Å². The number of carbonyl (C=O) groups is 1. The van der Waals surface area contributed by atoms with Crippen LogP contribution in [0.4, 0.5) is 0 Å². The Morgan fingerprint density at radius 3 is 2.47 bits per heavy atom. The van der Waals surface area contributed by atoms with Crippen molar-refractivity contribution in [1.82, 2.24) is 0 Å². The Bertz CT molecular complexity index is 349. The van der Waals surface area contributed by atoms with Gasteiger partial charge in [-0.2, -0.15) is 0 Å². The van der Waals surface area contributed by atoms with Gasteiger partial charge in [0.25, 0.3) is 0 Å². The molecule has 80 valence electrons. The third kappa shape index (κ3) is 4.45. The summed E-state index contributed by atoms with van der Waals surface area (Å²) in [5.74, 6) is -0.254. The quantitative estimate of drug-likeness (QED) is 0.707. The number of aryl methyl sites for hydroxylation is 1. The van der Waals surface area contributed by atoms with Crippen LogP contribution in [-0.4, -0.2) is 12.1 Å². The molecule has 0 saturated heterocycles. The standard InChI is InChI=1S/C13H16O2/c1-10-4-7-13(8-5-10)9-6-11(2)15-12(3)14/h4-9,11H,1-3H3/b9-6+/t11-/m1/s1. The topological polar surface area (TPSA) is 26.3 Å². The molecule has 0 bridgehead atoms. The summed E-state index contributed by atoms with van der Waals surface area (Å²) in [6, 6.07) is 8.17. The Labute approximate surface area is 90.6 Å². The molecule has 0 aliphatic rings. The van der Waals surface area contributed by atoms with E-state index in [0.29, 0.717) is 0 Å². The van der Waals surface area contributed by atoms with Crippen molar-refractivity contribution < 1.29 is 9.53 Å². The van der Waals surface area contributed by atoms with Crippen LogP contribution in [-0.2, 0) is 9.53 Å². The molecule has 0 radical (unpaired) electrons. The van der Waals surface area contributed by atoms with Gasteiger partial charge in [0.1, 0.15) is 6.10 Å². The van der Waals surface area contributed by atoms with Crippen LogP contribution >= 0.6 is 0 Å². The van der Waals surface area contributed by atoms with E-state index in [1.807, 2.05) is 31.2 Å². The molecule has 0 N–H and O–H groups in total. The van der Waals surface area contributed by atoms with Gasteiger partial charge in [-0.25, -0.2) is 0 Å². The monoisotopic (exact) mass is 204 g/mol. The van der Waals surface area contributed by atoms with Crippen molar-refractivity contribution >= 4 is 12.0 Å². The summed E-state index contributed by atoms with van der Waals surface area (Å²) in [4.78, 5) is 10.7. The summed E-state index contributed by atoms with van der Waals surface area (Å²) in [5.41, 5.74) is 2.35. The van der Waals surface area contributed by atoms with Crippen molar-refractivity contribution in [3.8, 4) is 0 Å². The molecular weight excluding hydrogens is 188 g/mol. The van der Waals surface area contributed by atoms with Gasteiger partial charge >= 0.3 is 5.97 Å². The molecule has 0 unspecified atom stereocenters. The second-order valence-corrected chi connectivity index (χ2v) is 3.58. The maximum Gasteiger partial charge on any atom is 0.303 e. The van der Waals surface area contributed by atoms with E-state index in [4.69, 9.17) is 4.74 Å². The molecule has 0 spiro atoms. The first-order valence-corrected chi connectivity index (χ1v) is 5.00. The molecule has 0 heterocycles. The summed E-state index contributed by atoms with van der Waals surface area (Å²) < 4.78 is 4.97. The van der Waals surface area contributed by atoms with Crippen LogP contribution in [0.1, 0.15) is 25.0 Å². The zero-order valence-corrected chi connectivity index (χ0v) is 9.36. The number of ether oxygens (including phenoxy) is 1. The molecule has 1 atom stereocenters. The van der Waals surface area contributed by atoms with Gasteiger partial charge in [-0.3, -0.25) is 4.79 Å². The van der Waals surface area contributed by atoms with Crippen molar-refractivity contribution in [2.24, 2.45) is 0 Å². The summed E-state index contributed by atoms with van der Waals surface area (Å²) in [6.45, 7) is 5.30. The highest BCUT2D eigenvalue weighted by Crippen LogP contribution is 2.06. The maximum atomic E-state index is 10.7. The largest absolute Gasteiger partial charge is 0.459 e. The second-order valence-electron chi connectivity index (χ2n) is 3.58. The number of benzene rings is 1. The molecule has 0 saturated carbocycles. The Morgan fingerprint density at radius 2 is 1.93 bits per heavy atom. The predicted molar refractivity (Wildman–Crippen MR) is 61.4 cm³/mol. The summed E-state index contributed by atoms with van der Waals surface area (Å²) >= 11 is 0. The van der Waals surface area contributed by atoms with Crippen molar-refractivity contribution in [2.75, 3.05) is 0 Å². The zero-order chi connectivity index (χ0) is 11.3. The molecule has 0 aromatic heterocycles. The van der Waals surface area contributed by atoms with Crippen molar-refractivity contribution in [3.63, 3.8) is 0 Å². The number of carbonyl (C=O) groups excluding carboxylic acids is 1. The number of rotatable bonds is 3. The first kappa shape index (κ1) is 11.5. The lowest BCUT2D eigenvalue weighted by atomic mass is 10.1. The van der Waals surface area contributed by atoms with E-state index in [2.05, 4.69) is 19.1 Å². The van der Waals surface area contributed by atoms with Crippen LogP contribution in [0, 0.1) is 6.92 Å². The summed E-state index contributed by atoms with van der Waals surface area (Å²) in [7, 11) is 0. The van der Waals surface area contributed by atoms with E-state index in [9.17, 15) is 4.79 Å². The van der Waals surface area contributed by atoms with E-state index in [1.165, 1.54) is 12.5 Å². The molecular formula is C13H16O2. The van der Waals surface area contributed by atoms with Gasteiger partial charge in [-0.05, 0) is 25.5 Å². The molecule has 0 aliphatic heterocycles. The Hall–Kier alpha value is -1.57. The van der Waals surface area contributed by atoms with Gasteiger partial charge in [0, 0.05) is 6.92 Å². The first-order chi connectivity index (χ1) is 7.08. The highest BCUT2D eigenvalue weighted by Gasteiger charge is 1.99. The average molecular weight is 204 g/mol. The molecule has 2 nitrogen and oxygen atoms in total. The number of hydrogen-bond acceptors (Lipinski definition) is 2. The molecule has 1 rings (SSSR count). The minimum absolute atomic E-state index is 0.177. The molecule has 1 aromatic carbocycles. The van der Waals surface area contributed by atoms with E-state index in [-0.39, 0.29) is 12.1 Å². The molecule has 0 amide bonds. The van der Waals surface area contributed by atoms with Crippen LogP contribution in [0.15, 0.2) is 30.3 Å². The van der Waals surface area contributed by atoms with Gasteiger partial charge in [-0.15, -0.1) is 0 Å². The molecule has 0 fully saturated rings. The van der Waals surface area contributed by atoms with E-state index >= 15 is 0 Å². The minimum Gasteiger partial charge on any atom is -0.459 e. The molecule has 2 heteroatoms. The van der Waals surface area contributed by atoms with Crippen molar-refractivity contribution in [1.29, 1.82) is 0 Å². The van der Waals surface area contributed by atoms with E-state index in [0.717, 1.165) is 5.56 Å². The fraction of sp³-hybridized carbons (Fsp3) is 0.308. The van der Waals surface area contributed by atoms with Gasteiger partial charge in [0.15, 0.2) is 0 Å². The molecule has 15 heavy (non-hydrogen) atoms. The highest BCUT2D eigenvalue weighted by atomic mass is 16.5. The Balaban J connectivity index is 2.57. The van der Waals surface area contributed by atoms with E-state index in [1.54, 1.807) is 0 Å². The van der Waals surface area contributed by atoms with Gasteiger partial charge < -0.3 is 4.74 Å². The predicted octanol–water partition coefficient (Wildman–Crippen LogP) is 2.96. The average Bonchev–Trinajstić information content (AvgIpc) is 2.16. The second kappa shape index (κ2) is 5.35. The van der Waals surface area contributed by atoms with Gasteiger partial charge in [0.2, 0.25) is 0 Å². The third-order valence-corrected chi connectivity index (χ3v) is 1.99. The van der Waals surface area contributed by atoms with Crippen LogP contribution in [0.3, 0.4) is 0 Å². The lowest BCUT2D eigenvalue weighted by molar-refractivity contribution is -0.143. The normalized spacial score (nSPS) is 12.7. The first-order valence-electron chi connectivity index (χ1n) is 5.00. The van der Waals surface area contributed by atoms with Gasteiger partial charge in [-0.1, -0.05) is 35.9 Å². The fourth-order valence-corrected chi connectivity index (χ4v) is 1.23. The van der Waals surface area contributed by atoms with Crippen molar-refractivity contribution in [3.05, 3.63) is 41.5 Å². The van der Waals surface area contributed by atoms with E-state index < -0.39 is 0 Å². The smallest absolute Gasteiger partial charge is 0.303 e. The SMILES string of the molecule is CC(=O)O[C@H](C)/C=C/c1ccc(C)cc1. The summed E-state index contributed by atoms with van der Waals surface area (Å²) in [6.07, 6.45) is 3.64. The lowest BCUT2D eigenvalue weighted by Gasteiger charge is -2.05. The van der Waals surface area contributed by atoms with Crippen LogP contribution in [0.25, 0.3) is 6.08 Å². The molecule has 0 aliphatic carbocycles. The Morgan fingerprint density at radius 1 is 1.33 bits per heavy atom. The lowest BCUT2D eigenvalue weighted by Crippen LogP contribution is -2.08. The number of hydrogen-bond donors (Lipinski definition) is 0. The maximum absolute atomic E-state index is 10.7. The highest BCUT2D eigenvalue weighted by molar-refractivity contribution is 5.66. The summed E-state index contributed by atoms with van der Waals surface area (Å²) in [5, 5.41) is 0. The number of esters is 1. The van der Waals surface area contributed by atoms with Crippen LogP contribution < -0.4 is 0 Å². The van der Waals surface area contributed by atoms with Crippen LogP contribution in [0.2, 0.25) is 0 Å². The minimum atomic E-state index is -0.254. The van der Waals surface area contributed by atoms with Crippen molar-refractivity contribution in [2.45, 2.75) is 26.9 Å².